The van der Waals surface area contributed by atoms with Gasteiger partial charge >= 0.3 is 11.9 Å². The molecule has 17 heavy (non-hydrogen) atoms. The van der Waals surface area contributed by atoms with Gasteiger partial charge in [0, 0.05) is 0 Å². The number of carbonyl (C=O) groups is 2. The van der Waals surface area contributed by atoms with Crippen LogP contribution < -0.4 is 4.72 Å². The van der Waals surface area contributed by atoms with E-state index in [2.05, 4.69) is 4.74 Å². The highest BCUT2D eigenvalue weighted by Crippen LogP contribution is 2.03. The number of thioether (sulfide) groups is 1. The summed E-state index contributed by atoms with van der Waals surface area (Å²) in [5.74, 6) is -2.59. The van der Waals surface area contributed by atoms with E-state index >= 15 is 0 Å². The first-order valence-electron chi connectivity index (χ1n) is 4.61. The summed E-state index contributed by atoms with van der Waals surface area (Å²) >= 11 is 1.40. The van der Waals surface area contributed by atoms with Gasteiger partial charge in [0.15, 0.2) is 5.75 Å². The average molecular weight is 285 g/mol. The second-order valence-corrected chi connectivity index (χ2v) is 5.86. The van der Waals surface area contributed by atoms with Crippen LogP contribution in [0.5, 0.6) is 0 Å². The van der Waals surface area contributed by atoms with Crippen LogP contribution in [-0.4, -0.2) is 56.4 Å². The maximum Gasteiger partial charge on any atom is 0.322 e. The van der Waals surface area contributed by atoms with Crippen LogP contribution >= 0.6 is 11.8 Å². The minimum atomic E-state index is -3.98. The smallest absolute Gasteiger partial charge is 0.322 e. The van der Waals surface area contributed by atoms with Gasteiger partial charge in [-0.05, 0) is 18.4 Å². The number of sulfonamides is 1. The van der Waals surface area contributed by atoms with Crippen LogP contribution in [0.2, 0.25) is 0 Å². The molecule has 0 aromatic carbocycles. The molecule has 0 aliphatic heterocycles. The molecule has 100 valence electrons. The van der Waals surface area contributed by atoms with Crippen LogP contribution in [0, 0.1) is 0 Å². The van der Waals surface area contributed by atoms with E-state index in [9.17, 15) is 18.0 Å². The monoisotopic (exact) mass is 285 g/mol. The quantitative estimate of drug-likeness (QED) is 0.566. The molecule has 0 bridgehead atoms. The standard InChI is InChI=1S/C8H15NO6S2/c1-15-7(10)5-17(13,14)9-6(8(11)12)3-4-16-2/h6,9H,3-5H2,1-2H3,(H,11,12). The molecular weight excluding hydrogens is 270 g/mol. The topological polar surface area (TPSA) is 110 Å². The Morgan fingerprint density at radius 3 is 2.47 bits per heavy atom. The Bertz CT molecular complexity index is 366. The Labute approximate surface area is 104 Å². The fourth-order valence-corrected chi connectivity index (χ4v) is 2.58. The highest BCUT2D eigenvalue weighted by Gasteiger charge is 2.25. The van der Waals surface area contributed by atoms with Crippen LogP contribution in [0.15, 0.2) is 0 Å². The summed E-state index contributed by atoms with van der Waals surface area (Å²) in [5, 5.41) is 8.80. The van der Waals surface area contributed by atoms with E-state index in [1.165, 1.54) is 11.8 Å². The van der Waals surface area contributed by atoms with Crippen molar-refractivity contribution in [3.05, 3.63) is 0 Å². The third kappa shape index (κ3) is 7.18. The van der Waals surface area contributed by atoms with E-state index < -0.39 is 33.8 Å². The highest BCUT2D eigenvalue weighted by atomic mass is 32.2. The Kier molecular flexibility index (Phi) is 7.16. The number of hydrogen-bond donors (Lipinski definition) is 2. The molecule has 1 atom stereocenters. The molecule has 9 heteroatoms. The third-order valence-electron chi connectivity index (χ3n) is 1.77. The van der Waals surface area contributed by atoms with Crippen LogP contribution in [0.3, 0.4) is 0 Å². The molecule has 0 aliphatic carbocycles. The minimum Gasteiger partial charge on any atom is -0.480 e. The summed E-state index contributed by atoms with van der Waals surface area (Å²) in [6.45, 7) is 0. The minimum absolute atomic E-state index is 0.150. The molecule has 0 spiro atoms. The van der Waals surface area contributed by atoms with E-state index in [-0.39, 0.29) is 6.42 Å². The zero-order chi connectivity index (χ0) is 13.5. The molecule has 0 rings (SSSR count). The molecule has 0 amide bonds. The van der Waals surface area contributed by atoms with Crippen LogP contribution in [0.4, 0.5) is 0 Å². The number of aliphatic carboxylic acids is 1. The Balaban J connectivity index is 4.52. The van der Waals surface area contributed by atoms with Crippen LogP contribution in [0.1, 0.15) is 6.42 Å². The van der Waals surface area contributed by atoms with E-state index in [4.69, 9.17) is 5.11 Å². The number of nitrogens with one attached hydrogen (secondary N) is 1. The van der Waals surface area contributed by atoms with Gasteiger partial charge in [-0.3, -0.25) is 9.59 Å². The molecule has 0 aromatic heterocycles. The lowest BCUT2D eigenvalue weighted by Crippen LogP contribution is -2.43. The summed E-state index contributed by atoms with van der Waals surface area (Å²) in [5.41, 5.74) is 0. The summed E-state index contributed by atoms with van der Waals surface area (Å²) in [6.07, 6.45) is 1.93. The molecule has 0 saturated carbocycles. The fourth-order valence-electron chi connectivity index (χ4n) is 0.941. The van der Waals surface area contributed by atoms with Crippen molar-refractivity contribution in [2.24, 2.45) is 0 Å². The highest BCUT2D eigenvalue weighted by molar-refractivity contribution is 7.98. The molecule has 0 heterocycles. The van der Waals surface area contributed by atoms with Gasteiger partial charge in [-0.1, -0.05) is 0 Å². The lowest BCUT2D eigenvalue weighted by Gasteiger charge is -2.13. The maximum absolute atomic E-state index is 11.4. The van der Waals surface area contributed by atoms with E-state index in [0.717, 1.165) is 7.11 Å². The predicted octanol–water partition coefficient (Wildman–Crippen LogP) is -0.715. The number of esters is 1. The number of carboxylic acids is 1. The molecule has 0 aliphatic rings. The summed E-state index contributed by atoms with van der Waals surface area (Å²) in [6, 6.07) is -1.22. The third-order valence-corrected chi connectivity index (χ3v) is 3.67. The van der Waals surface area contributed by atoms with Crippen molar-refractivity contribution in [3.8, 4) is 0 Å². The van der Waals surface area contributed by atoms with Crippen molar-refractivity contribution in [3.63, 3.8) is 0 Å². The van der Waals surface area contributed by atoms with Crippen molar-refractivity contribution >= 4 is 33.7 Å². The SMILES string of the molecule is COC(=O)CS(=O)(=O)NC(CCSC)C(=O)O. The molecular formula is C8H15NO6S2. The first kappa shape index (κ1) is 16.2. The lowest BCUT2D eigenvalue weighted by atomic mass is 10.2. The summed E-state index contributed by atoms with van der Waals surface area (Å²) in [4.78, 5) is 21.6. The van der Waals surface area contributed by atoms with E-state index in [1.807, 2.05) is 4.72 Å². The zero-order valence-corrected chi connectivity index (χ0v) is 11.1. The van der Waals surface area contributed by atoms with Crippen molar-refractivity contribution in [1.29, 1.82) is 0 Å². The molecule has 7 nitrogen and oxygen atoms in total. The average Bonchev–Trinajstić information content (AvgIpc) is 2.22. The second-order valence-electron chi connectivity index (χ2n) is 3.13. The van der Waals surface area contributed by atoms with Gasteiger partial charge in [0.1, 0.15) is 6.04 Å². The fraction of sp³-hybridized carbons (Fsp3) is 0.750. The Hall–Kier alpha value is -0.800. The van der Waals surface area contributed by atoms with Crippen molar-refractivity contribution in [1.82, 2.24) is 4.72 Å². The summed E-state index contributed by atoms with van der Waals surface area (Å²) in [7, 11) is -2.93. The Morgan fingerprint density at radius 2 is 2.06 bits per heavy atom. The van der Waals surface area contributed by atoms with Gasteiger partial charge in [0.2, 0.25) is 10.0 Å². The van der Waals surface area contributed by atoms with Gasteiger partial charge in [0.05, 0.1) is 7.11 Å². The normalized spacial score (nSPS) is 13.1. The van der Waals surface area contributed by atoms with Crippen molar-refractivity contribution < 1.29 is 27.9 Å². The summed E-state index contributed by atoms with van der Waals surface area (Å²) < 4.78 is 28.9. The number of hydrogen-bond acceptors (Lipinski definition) is 6. The maximum atomic E-state index is 11.4. The number of methoxy groups -OCH3 is 1. The second kappa shape index (κ2) is 7.51. The van der Waals surface area contributed by atoms with Gasteiger partial charge in [-0.15, -0.1) is 0 Å². The molecule has 0 saturated heterocycles. The first-order valence-corrected chi connectivity index (χ1v) is 7.65. The van der Waals surface area contributed by atoms with E-state index in [0.29, 0.717) is 5.75 Å². The first-order chi connectivity index (χ1) is 7.82. The van der Waals surface area contributed by atoms with Crippen LogP contribution in [-0.2, 0) is 24.3 Å². The predicted molar refractivity (Wildman–Crippen MR) is 63.4 cm³/mol. The van der Waals surface area contributed by atoms with Crippen molar-refractivity contribution in [2.45, 2.75) is 12.5 Å². The largest absolute Gasteiger partial charge is 0.480 e. The number of carbonyl (C=O) groups excluding carboxylic acids is 1. The van der Waals surface area contributed by atoms with Gasteiger partial charge in [-0.25, -0.2) is 13.1 Å². The van der Waals surface area contributed by atoms with Crippen molar-refractivity contribution in [2.75, 3.05) is 24.9 Å². The molecule has 0 fully saturated rings. The number of rotatable bonds is 8. The molecule has 0 aromatic rings. The molecule has 2 N–H and O–H groups in total. The van der Waals surface area contributed by atoms with Gasteiger partial charge in [0.25, 0.3) is 0 Å². The van der Waals surface area contributed by atoms with Gasteiger partial charge in [-0.2, -0.15) is 11.8 Å². The number of carboxylic acid groups (broad SMARTS) is 1. The molecule has 0 radical (unpaired) electrons. The zero-order valence-electron chi connectivity index (χ0n) is 9.50. The molecule has 1 unspecified atom stereocenters. The lowest BCUT2D eigenvalue weighted by molar-refractivity contribution is -0.139. The van der Waals surface area contributed by atoms with Crippen LogP contribution in [0.25, 0.3) is 0 Å². The van der Waals surface area contributed by atoms with Gasteiger partial charge < -0.3 is 9.84 Å². The Morgan fingerprint density at radius 1 is 1.47 bits per heavy atom. The van der Waals surface area contributed by atoms with E-state index in [1.54, 1.807) is 6.26 Å². The number of ether oxygens (including phenoxy) is 1.